The Morgan fingerprint density at radius 1 is 1.00 bits per heavy atom. The zero-order valence-electron chi connectivity index (χ0n) is 12.3. The number of rotatable bonds is 3. The monoisotopic (exact) mass is 279 g/mol. The van der Waals surface area contributed by atoms with Crippen molar-refractivity contribution >= 4 is 11.4 Å². The first-order valence-corrected chi connectivity index (χ1v) is 6.86. The van der Waals surface area contributed by atoms with Gasteiger partial charge in [0.05, 0.1) is 5.69 Å². The van der Waals surface area contributed by atoms with Crippen molar-refractivity contribution in [2.24, 2.45) is 0 Å². The summed E-state index contributed by atoms with van der Waals surface area (Å²) in [6.45, 7) is 5.98. The molecule has 1 aromatic carbocycles. The van der Waals surface area contributed by atoms with Gasteiger partial charge in [-0.15, -0.1) is 0 Å². The number of hydrogen-bond donors (Lipinski definition) is 1. The van der Waals surface area contributed by atoms with E-state index in [1.54, 1.807) is 12.4 Å². The maximum Gasteiger partial charge on any atom is 0.141 e. The summed E-state index contributed by atoms with van der Waals surface area (Å²) < 4.78 is 5.26. The van der Waals surface area contributed by atoms with Gasteiger partial charge in [-0.2, -0.15) is 0 Å². The van der Waals surface area contributed by atoms with Gasteiger partial charge in [0.15, 0.2) is 0 Å². The molecule has 0 amide bonds. The molecular formula is C17H17N3O. The van der Waals surface area contributed by atoms with Crippen LogP contribution in [0.5, 0.6) is 0 Å². The van der Waals surface area contributed by atoms with E-state index in [2.05, 4.69) is 40.6 Å². The molecule has 0 bridgehead atoms. The Morgan fingerprint density at radius 3 is 2.43 bits per heavy atom. The molecule has 0 unspecified atom stereocenters. The first-order chi connectivity index (χ1) is 10.1. The quantitative estimate of drug-likeness (QED) is 0.771. The Hall–Kier alpha value is -2.62. The Balaban J connectivity index is 2.01. The highest BCUT2D eigenvalue weighted by Gasteiger charge is 2.12. The normalized spacial score (nSPS) is 10.6. The molecule has 3 aromatic rings. The van der Waals surface area contributed by atoms with E-state index in [1.807, 2.05) is 26.0 Å². The molecule has 0 saturated carbocycles. The Bertz CT molecular complexity index is 743. The fourth-order valence-corrected chi connectivity index (χ4v) is 2.40. The van der Waals surface area contributed by atoms with Crippen LogP contribution in [0.3, 0.4) is 0 Å². The van der Waals surface area contributed by atoms with Crippen LogP contribution in [0.15, 0.2) is 47.2 Å². The summed E-state index contributed by atoms with van der Waals surface area (Å²) in [7, 11) is 0. The lowest BCUT2D eigenvalue weighted by Gasteiger charge is -2.11. The molecule has 1 N–H and O–H groups in total. The molecule has 4 nitrogen and oxygen atoms in total. The average molecular weight is 279 g/mol. The van der Waals surface area contributed by atoms with Crippen LogP contribution in [0, 0.1) is 20.8 Å². The van der Waals surface area contributed by atoms with E-state index in [1.165, 1.54) is 5.56 Å². The summed E-state index contributed by atoms with van der Waals surface area (Å²) in [4.78, 5) is 4.03. The molecular weight excluding hydrogens is 262 g/mol. The van der Waals surface area contributed by atoms with Gasteiger partial charge < -0.3 is 9.84 Å². The largest absolute Gasteiger partial charge is 0.361 e. The van der Waals surface area contributed by atoms with Gasteiger partial charge in [-0.05, 0) is 50.1 Å². The van der Waals surface area contributed by atoms with E-state index in [9.17, 15) is 0 Å². The standard InChI is InChI=1S/C17H17N3O/c1-11-4-5-14(17-12(2)20-21-13(17)3)10-16(11)19-15-6-8-18-9-7-15/h4-10H,1-3H3,(H,18,19). The van der Waals surface area contributed by atoms with Gasteiger partial charge in [0.25, 0.3) is 0 Å². The van der Waals surface area contributed by atoms with Gasteiger partial charge >= 0.3 is 0 Å². The van der Waals surface area contributed by atoms with Crippen molar-refractivity contribution in [3.63, 3.8) is 0 Å². The molecule has 0 radical (unpaired) electrons. The number of aromatic nitrogens is 2. The van der Waals surface area contributed by atoms with Gasteiger partial charge in [-0.1, -0.05) is 17.3 Å². The number of aryl methyl sites for hydroxylation is 3. The molecule has 2 aromatic heterocycles. The second-order valence-electron chi connectivity index (χ2n) is 5.09. The van der Waals surface area contributed by atoms with Crippen molar-refractivity contribution in [2.45, 2.75) is 20.8 Å². The molecule has 106 valence electrons. The Morgan fingerprint density at radius 2 is 1.76 bits per heavy atom. The minimum Gasteiger partial charge on any atom is -0.361 e. The molecule has 0 aliphatic heterocycles. The molecule has 4 heteroatoms. The predicted octanol–water partition coefficient (Wildman–Crippen LogP) is 4.41. The lowest BCUT2D eigenvalue weighted by molar-refractivity contribution is 0.393. The summed E-state index contributed by atoms with van der Waals surface area (Å²) in [6.07, 6.45) is 3.55. The second kappa shape index (κ2) is 5.40. The average Bonchev–Trinajstić information content (AvgIpc) is 2.82. The van der Waals surface area contributed by atoms with E-state index in [-0.39, 0.29) is 0 Å². The summed E-state index contributed by atoms with van der Waals surface area (Å²) in [6, 6.07) is 10.2. The highest BCUT2D eigenvalue weighted by atomic mass is 16.5. The molecule has 0 saturated heterocycles. The van der Waals surface area contributed by atoms with Gasteiger partial charge in [-0.25, -0.2) is 0 Å². The van der Waals surface area contributed by atoms with E-state index >= 15 is 0 Å². The Labute approximate surface area is 123 Å². The van der Waals surface area contributed by atoms with E-state index in [4.69, 9.17) is 4.52 Å². The first-order valence-electron chi connectivity index (χ1n) is 6.86. The predicted molar refractivity (Wildman–Crippen MR) is 83.7 cm³/mol. The molecule has 21 heavy (non-hydrogen) atoms. The highest BCUT2D eigenvalue weighted by Crippen LogP contribution is 2.31. The van der Waals surface area contributed by atoms with Crippen LogP contribution in [0.2, 0.25) is 0 Å². The fraction of sp³-hybridized carbons (Fsp3) is 0.176. The van der Waals surface area contributed by atoms with Crippen LogP contribution in [0.25, 0.3) is 11.1 Å². The number of benzene rings is 1. The van der Waals surface area contributed by atoms with Crippen molar-refractivity contribution in [1.82, 2.24) is 10.1 Å². The third kappa shape index (κ3) is 2.65. The summed E-state index contributed by atoms with van der Waals surface area (Å²) in [5.41, 5.74) is 6.34. The van der Waals surface area contributed by atoms with Crippen LogP contribution in [0.4, 0.5) is 11.4 Å². The van der Waals surface area contributed by atoms with E-state index in [0.29, 0.717) is 0 Å². The van der Waals surface area contributed by atoms with Crippen LogP contribution in [-0.2, 0) is 0 Å². The maximum absolute atomic E-state index is 5.26. The van der Waals surface area contributed by atoms with Crippen molar-refractivity contribution in [3.8, 4) is 11.1 Å². The molecule has 0 aliphatic carbocycles. The maximum atomic E-state index is 5.26. The first kappa shape index (κ1) is 13.4. The molecule has 3 rings (SSSR count). The fourth-order valence-electron chi connectivity index (χ4n) is 2.40. The van der Waals surface area contributed by atoms with Gasteiger partial charge in [0.2, 0.25) is 0 Å². The number of nitrogens with one attached hydrogen (secondary N) is 1. The van der Waals surface area contributed by atoms with Crippen molar-refractivity contribution in [3.05, 3.63) is 59.7 Å². The smallest absolute Gasteiger partial charge is 0.141 e. The number of pyridine rings is 1. The number of nitrogens with zero attached hydrogens (tertiary/aromatic N) is 2. The lowest BCUT2D eigenvalue weighted by atomic mass is 10.0. The van der Waals surface area contributed by atoms with Crippen LogP contribution in [-0.4, -0.2) is 10.1 Å². The lowest BCUT2D eigenvalue weighted by Crippen LogP contribution is -1.94. The van der Waals surface area contributed by atoms with Crippen LogP contribution >= 0.6 is 0 Å². The van der Waals surface area contributed by atoms with E-state index < -0.39 is 0 Å². The third-order valence-corrected chi connectivity index (χ3v) is 3.52. The zero-order valence-corrected chi connectivity index (χ0v) is 12.3. The van der Waals surface area contributed by atoms with Crippen LogP contribution in [0.1, 0.15) is 17.0 Å². The number of anilines is 2. The molecule has 0 aliphatic rings. The molecule has 0 spiro atoms. The zero-order chi connectivity index (χ0) is 14.8. The second-order valence-corrected chi connectivity index (χ2v) is 5.09. The van der Waals surface area contributed by atoms with Crippen molar-refractivity contribution in [2.75, 3.05) is 5.32 Å². The summed E-state index contributed by atoms with van der Waals surface area (Å²) in [5, 5.41) is 7.45. The highest BCUT2D eigenvalue weighted by molar-refractivity contribution is 5.75. The van der Waals surface area contributed by atoms with E-state index in [0.717, 1.165) is 34.0 Å². The van der Waals surface area contributed by atoms with Crippen molar-refractivity contribution < 1.29 is 4.52 Å². The van der Waals surface area contributed by atoms with Crippen LogP contribution < -0.4 is 5.32 Å². The minimum absolute atomic E-state index is 0.839. The van der Waals surface area contributed by atoms with Gasteiger partial charge in [0, 0.05) is 29.3 Å². The molecule has 0 atom stereocenters. The van der Waals surface area contributed by atoms with Gasteiger partial charge in [0.1, 0.15) is 5.76 Å². The summed E-state index contributed by atoms with van der Waals surface area (Å²) in [5.74, 6) is 0.839. The topological polar surface area (TPSA) is 51.0 Å². The third-order valence-electron chi connectivity index (χ3n) is 3.52. The molecule has 0 fully saturated rings. The van der Waals surface area contributed by atoms with Gasteiger partial charge in [-0.3, -0.25) is 4.98 Å². The Kier molecular flexibility index (Phi) is 3.44. The molecule has 2 heterocycles. The SMILES string of the molecule is Cc1ccc(-c2c(C)noc2C)cc1Nc1ccncc1. The number of hydrogen-bond acceptors (Lipinski definition) is 4. The van der Waals surface area contributed by atoms with Crippen molar-refractivity contribution in [1.29, 1.82) is 0 Å². The summed E-state index contributed by atoms with van der Waals surface area (Å²) >= 11 is 0. The minimum atomic E-state index is 0.839.